The number of β-amino-alcohol motifs (C(OH)–C–C–N with tert-alkyl or cyclic N) is 1. The Hall–Kier alpha value is -3.18. The number of carbonyl (C=O) groups excluding carboxylic acids is 1. The van der Waals surface area contributed by atoms with Crippen molar-refractivity contribution in [3.05, 3.63) is 59.1 Å². The summed E-state index contributed by atoms with van der Waals surface area (Å²) in [7, 11) is 0. The summed E-state index contributed by atoms with van der Waals surface area (Å²) in [6.07, 6.45) is 1.96. The van der Waals surface area contributed by atoms with Gasteiger partial charge in [0.2, 0.25) is 5.91 Å². The number of rotatable bonds is 9. The van der Waals surface area contributed by atoms with Gasteiger partial charge < -0.3 is 20.6 Å². The Bertz CT molecular complexity index is 1200. The van der Waals surface area contributed by atoms with Crippen molar-refractivity contribution < 1.29 is 14.3 Å². The Balaban J connectivity index is 1.36. The number of anilines is 3. The third-order valence-electron chi connectivity index (χ3n) is 6.03. The molecule has 3 N–H and O–H groups in total. The van der Waals surface area contributed by atoms with Crippen molar-refractivity contribution in [2.75, 3.05) is 56.5 Å². The molecule has 0 unspecified atom stereocenters. The molecule has 4 rings (SSSR count). The number of aryl methyl sites for hydroxylation is 1. The predicted molar refractivity (Wildman–Crippen MR) is 138 cm³/mol. The fraction of sp³-hybridized carbons (Fsp3) is 0.360. The van der Waals surface area contributed by atoms with Crippen LogP contribution in [-0.2, 0) is 4.79 Å². The van der Waals surface area contributed by atoms with E-state index in [0.717, 1.165) is 26.2 Å². The molecular weight excluding hydrogens is 485 g/mol. The van der Waals surface area contributed by atoms with E-state index in [-0.39, 0.29) is 18.1 Å². The quantitative estimate of drug-likeness (QED) is 0.400. The van der Waals surface area contributed by atoms with E-state index < -0.39 is 5.82 Å². The highest BCUT2D eigenvalue weighted by molar-refractivity contribution is 6.30. The molecule has 3 aromatic rings. The van der Waals surface area contributed by atoms with E-state index in [1.54, 1.807) is 31.3 Å². The summed E-state index contributed by atoms with van der Waals surface area (Å²) in [6, 6.07) is 9.48. The Morgan fingerprint density at radius 1 is 1.08 bits per heavy atom. The van der Waals surface area contributed by atoms with Crippen molar-refractivity contribution in [2.45, 2.75) is 13.3 Å². The van der Waals surface area contributed by atoms with Gasteiger partial charge in [-0.1, -0.05) is 11.6 Å². The normalized spacial score (nSPS) is 14.6. The average Bonchev–Trinajstić information content (AvgIpc) is 2.87. The van der Waals surface area contributed by atoms with Crippen molar-refractivity contribution in [1.82, 2.24) is 25.0 Å². The van der Waals surface area contributed by atoms with E-state index in [1.165, 1.54) is 18.2 Å². The Labute approximate surface area is 214 Å². The molecule has 1 saturated heterocycles. The summed E-state index contributed by atoms with van der Waals surface area (Å²) in [4.78, 5) is 21.2. The zero-order valence-electron chi connectivity index (χ0n) is 20.0. The third-order valence-corrected chi connectivity index (χ3v) is 6.26. The highest BCUT2D eigenvalue weighted by Crippen LogP contribution is 2.28. The first-order valence-corrected chi connectivity index (χ1v) is 12.2. The van der Waals surface area contributed by atoms with Crippen LogP contribution < -0.4 is 10.6 Å². The lowest BCUT2D eigenvalue weighted by atomic mass is 10.1. The maximum atomic E-state index is 14.3. The van der Waals surface area contributed by atoms with Gasteiger partial charge in [0, 0.05) is 74.2 Å². The molecular formula is C25H29ClFN7O2. The standard InChI is InChI=1S/C25H29ClFN7O2/c1-17-22(16-23(32-31-17)20-14-18(26)2-3-21(20)27)29-19-4-6-28-24(15-19)30-25(36)5-7-33-8-10-34(11-9-33)12-13-35/h2-4,6,14-16,35H,5,7-13H2,1H3,(H2,28,29,30,32,36). The van der Waals surface area contributed by atoms with E-state index in [9.17, 15) is 9.18 Å². The Morgan fingerprint density at radius 3 is 2.58 bits per heavy atom. The van der Waals surface area contributed by atoms with Crippen LogP contribution in [0.1, 0.15) is 12.1 Å². The van der Waals surface area contributed by atoms with E-state index in [1.807, 2.05) is 0 Å². The summed E-state index contributed by atoms with van der Waals surface area (Å²) >= 11 is 6.03. The van der Waals surface area contributed by atoms with Gasteiger partial charge in [-0.05, 0) is 37.3 Å². The second-order valence-corrected chi connectivity index (χ2v) is 9.05. The maximum absolute atomic E-state index is 14.3. The molecule has 0 atom stereocenters. The summed E-state index contributed by atoms with van der Waals surface area (Å²) < 4.78 is 14.3. The highest BCUT2D eigenvalue weighted by atomic mass is 35.5. The third kappa shape index (κ3) is 6.94. The molecule has 0 radical (unpaired) electrons. The first kappa shape index (κ1) is 25.9. The van der Waals surface area contributed by atoms with Gasteiger partial charge in [0.15, 0.2) is 0 Å². The summed E-state index contributed by atoms with van der Waals surface area (Å²) in [5.41, 5.74) is 2.57. The smallest absolute Gasteiger partial charge is 0.226 e. The van der Waals surface area contributed by atoms with Gasteiger partial charge in [-0.2, -0.15) is 10.2 Å². The van der Waals surface area contributed by atoms with Crippen LogP contribution in [0.2, 0.25) is 5.02 Å². The summed E-state index contributed by atoms with van der Waals surface area (Å²) in [6.45, 7) is 6.87. The van der Waals surface area contributed by atoms with Crippen molar-refractivity contribution in [1.29, 1.82) is 0 Å². The molecule has 1 amide bonds. The van der Waals surface area contributed by atoms with Crippen LogP contribution in [0.5, 0.6) is 0 Å². The number of pyridine rings is 1. The number of aliphatic hydroxyl groups is 1. The molecule has 190 valence electrons. The number of amides is 1. The van der Waals surface area contributed by atoms with Crippen LogP contribution >= 0.6 is 11.6 Å². The molecule has 0 bridgehead atoms. The number of piperazine rings is 1. The van der Waals surface area contributed by atoms with Gasteiger partial charge >= 0.3 is 0 Å². The molecule has 3 heterocycles. The van der Waals surface area contributed by atoms with Crippen molar-refractivity contribution >= 4 is 34.7 Å². The van der Waals surface area contributed by atoms with Crippen LogP contribution in [0.3, 0.4) is 0 Å². The minimum absolute atomic E-state index is 0.113. The minimum Gasteiger partial charge on any atom is -0.395 e. The average molecular weight is 514 g/mol. The second kappa shape index (κ2) is 12.2. The molecule has 11 heteroatoms. The van der Waals surface area contributed by atoms with Crippen molar-refractivity contribution in [3.63, 3.8) is 0 Å². The molecule has 1 aliphatic rings. The number of hydrogen-bond acceptors (Lipinski definition) is 8. The van der Waals surface area contributed by atoms with Gasteiger partial charge in [-0.25, -0.2) is 9.37 Å². The van der Waals surface area contributed by atoms with Crippen LogP contribution in [-0.4, -0.2) is 81.9 Å². The SMILES string of the molecule is Cc1nnc(-c2cc(Cl)ccc2F)cc1Nc1ccnc(NC(=O)CCN2CCN(CCO)CC2)c1. The molecule has 2 aromatic heterocycles. The molecule has 1 fully saturated rings. The topological polar surface area (TPSA) is 107 Å². The molecule has 1 aliphatic heterocycles. The molecule has 1 aromatic carbocycles. The Kier molecular flexibility index (Phi) is 8.76. The number of aliphatic hydroxyl groups excluding tert-OH is 1. The number of halogens is 2. The largest absolute Gasteiger partial charge is 0.395 e. The molecule has 9 nitrogen and oxygen atoms in total. The fourth-order valence-corrected chi connectivity index (χ4v) is 4.15. The number of benzene rings is 1. The number of nitrogens with one attached hydrogen (secondary N) is 2. The maximum Gasteiger partial charge on any atom is 0.226 e. The second-order valence-electron chi connectivity index (χ2n) is 8.61. The monoisotopic (exact) mass is 513 g/mol. The zero-order chi connectivity index (χ0) is 25.5. The summed E-state index contributed by atoms with van der Waals surface area (Å²) in [5, 5.41) is 23.8. The predicted octanol–water partition coefficient (Wildman–Crippen LogP) is 3.32. The fourth-order valence-electron chi connectivity index (χ4n) is 3.98. The lowest BCUT2D eigenvalue weighted by Gasteiger charge is -2.34. The minimum atomic E-state index is -0.440. The van der Waals surface area contributed by atoms with Gasteiger partial charge in [0.25, 0.3) is 0 Å². The van der Waals surface area contributed by atoms with Gasteiger partial charge in [0.05, 0.1) is 23.7 Å². The zero-order valence-corrected chi connectivity index (χ0v) is 20.8. The van der Waals surface area contributed by atoms with Gasteiger partial charge in [-0.15, -0.1) is 0 Å². The van der Waals surface area contributed by atoms with Crippen molar-refractivity contribution in [3.8, 4) is 11.3 Å². The van der Waals surface area contributed by atoms with E-state index in [4.69, 9.17) is 16.7 Å². The Morgan fingerprint density at radius 2 is 1.83 bits per heavy atom. The van der Waals surface area contributed by atoms with E-state index in [2.05, 4.69) is 35.6 Å². The van der Waals surface area contributed by atoms with Gasteiger partial charge in [-0.3, -0.25) is 9.69 Å². The number of carbonyl (C=O) groups is 1. The van der Waals surface area contributed by atoms with Crippen LogP contribution in [0, 0.1) is 12.7 Å². The number of hydrogen-bond donors (Lipinski definition) is 3. The molecule has 0 spiro atoms. The van der Waals surface area contributed by atoms with Crippen LogP contribution in [0.4, 0.5) is 21.6 Å². The van der Waals surface area contributed by atoms with Crippen LogP contribution in [0.15, 0.2) is 42.6 Å². The first-order valence-electron chi connectivity index (χ1n) is 11.8. The van der Waals surface area contributed by atoms with E-state index >= 15 is 0 Å². The molecule has 0 aliphatic carbocycles. The molecule has 0 saturated carbocycles. The first-order chi connectivity index (χ1) is 17.4. The van der Waals surface area contributed by atoms with E-state index in [0.29, 0.717) is 53.1 Å². The summed E-state index contributed by atoms with van der Waals surface area (Å²) in [5.74, 6) is -0.124. The van der Waals surface area contributed by atoms with Gasteiger partial charge in [0.1, 0.15) is 11.6 Å². The van der Waals surface area contributed by atoms with Crippen LogP contribution in [0.25, 0.3) is 11.3 Å². The molecule has 36 heavy (non-hydrogen) atoms. The lowest BCUT2D eigenvalue weighted by molar-refractivity contribution is -0.116. The lowest BCUT2D eigenvalue weighted by Crippen LogP contribution is -2.47. The highest BCUT2D eigenvalue weighted by Gasteiger charge is 2.17. The number of nitrogens with zero attached hydrogens (tertiary/aromatic N) is 5. The number of aromatic nitrogens is 3. The van der Waals surface area contributed by atoms with Crippen molar-refractivity contribution in [2.24, 2.45) is 0 Å².